The predicted molar refractivity (Wildman–Crippen MR) is 93.1 cm³/mol. The van der Waals surface area contributed by atoms with E-state index in [2.05, 4.69) is 16.0 Å². The molecule has 0 spiro atoms. The molecule has 0 saturated carbocycles. The third-order valence-corrected chi connectivity index (χ3v) is 3.98. The number of carbonyl (C=O) groups is 3. The summed E-state index contributed by atoms with van der Waals surface area (Å²) in [6.45, 7) is 7.70. The van der Waals surface area contributed by atoms with E-state index >= 15 is 0 Å². The summed E-state index contributed by atoms with van der Waals surface area (Å²) in [6.07, 6.45) is 0. The van der Waals surface area contributed by atoms with E-state index in [1.54, 1.807) is 14.0 Å². The van der Waals surface area contributed by atoms with Crippen molar-refractivity contribution in [3.8, 4) is 0 Å². The lowest BCUT2D eigenvalue weighted by Crippen LogP contribution is -3.15. The topological polar surface area (TPSA) is 91.7 Å². The molecular formula is C17H27N4O3+. The number of anilines is 1. The van der Waals surface area contributed by atoms with Gasteiger partial charge in [0.25, 0.3) is 11.8 Å². The second-order valence-electron chi connectivity index (χ2n) is 6.14. The molecule has 0 aliphatic rings. The minimum atomic E-state index is -0.560. The first-order valence-corrected chi connectivity index (χ1v) is 7.88. The average Bonchev–Trinajstić information content (AvgIpc) is 2.49. The lowest BCUT2D eigenvalue weighted by Gasteiger charge is -2.21. The molecular weight excluding hydrogens is 308 g/mol. The van der Waals surface area contributed by atoms with Crippen LogP contribution in [0.4, 0.5) is 10.5 Å². The zero-order valence-corrected chi connectivity index (χ0v) is 15.2. The number of nitrogens with one attached hydrogen (secondary N) is 4. The van der Waals surface area contributed by atoms with Gasteiger partial charge in [-0.15, -0.1) is 0 Å². The molecule has 1 rings (SSSR count). The van der Waals surface area contributed by atoms with Crippen LogP contribution in [0.1, 0.15) is 23.6 Å². The van der Waals surface area contributed by atoms with E-state index in [-0.39, 0.29) is 12.5 Å². The number of rotatable bonds is 5. The number of quaternary nitrogens is 1. The van der Waals surface area contributed by atoms with Crippen molar-refractivity contribution in [1.82, 2.24) is 10.6 Å². The Labute approximate surface area is 142 Å². The fraction of sp³-hybridized carbons (Fsp3) is 0.471. The van der Waals surface area contributed by atoms with E-state index in [0.717, 1.165) is 22.4 Å². The molecule has 24 heavy (non-hydrogen) atoms. The number of hydrogen-bond donors (Lipinski definition) is 4. The Morgan fingerprint density at radius 1 is 1.12 bits per heavy atom. The van der Waals surface area contributed by atoms with Crippen LogP contribution in [0.15, 0.2) is 12.1 Å². The molecule has 0 aliphatic carbocycles. The number of benzene rings is 1. The number of likely N-dealkylation sites (N-methyl/N-ethyl adjacent to an activating group) is 1. The van der Waals surface area contributed by atoms with Gasteiger partial charge in [-0.05, 0) is 38.8 Å². The molecule has 0 fully saturated rings. The van der Waals surface area contributed by atoms with Gasteiger partial charge < -0.3 is 15.5 Å². The largest absolute Gasteiger partial charge is 0.341 e. The van der Waals surface area contributed by atoms with Crippen molar-refractivity contribution in [3.63, 3.8) is 0 Å². The first-order valence-electron chi connectivity index (χ1n) is 7.88. The summed E-state index contributed by atoms with van der Waals surface area (Å²) in [5.41, 5.74) is 3.96. The Morgan fingerprint density at radius 2 is 1.67 bits per heavy atom. The summed E-state index contributed by atoms with van der Waals surface area (Å²) < 4.78 is 0. The van der Waals surface area contributed by atoms with E-state index in [1.807, 2.05) is 32.9 Å². The highest BCUT2D eigenvalue weighted by Gasteiger charge is 2.25. The van der Waals surface area contributed by atoms with E-state index in [4.69, 9.17) is 0 Å². The second kappa shape index (κ2) is 8.44. The molecule has 0 radical (unpaired) electrons. The van der Waals surface area contributed by atoms with Crippen LogP contribution in [0.5, 0.6) is 0 Å². The van der Waals surface area contributed by atoms with Crippen LogP contribution in [0.2, 0.25) is 0 Å². The zero-order chi connectivity index (χ0) is 18.4. The van der Waals surface area contributed by atoms with Crippen LogP contribution in [0.3, 0.4) is 0 Å². The summed E-state index contributed by atoms with van der Waals surface area (Å²) in [7, 11) is 3.17. The number of urea groups is 1. The third kappa shape index (κ3) is 5.34. The van der Waals surface area contributed by atoms with Gasteiger partial charge in [-0.25, -0.2) is 4.79 Å². The monoisotopic (exact) mass is 335 g/mol. The Bertz CT molecular complexity index is 620. The molecule has 7 heteroatoms. The van der Waals surface area contributed by atoms with E-state index in [9.17, 15) is 14.4 Å². The maximum Gasteiger partial charge on any atom is 0.321 e. The van der Waals surface area contributed by atoms with Crippen molar-refractivity contribution in [3.05, 3.63) is 28.8 Å². The zero-order valence-electron chi connectivity index (χ0n) is 15.2. The summed E-state index contributed by atoms with van der Waals surface area (Å²) in [4.78, 5) is 36.1. The Hall–Kier alpha value is -2.41. The third-order valence-electron chi connectivity index (χ3n) is 3.98. The smallest absolute Gasteiger partial charge is 0.321 e. The van der Waals surface area contributed by atoms with Crippen molar-refractivity contribution in [2.24, 2.45) is 0 Å². The molecule has 1 aromatic rings. The number of carbonyl (C=O) groups excluding carboxylic acids is 3. The summed E-state index contributed by atoms with van der Waals surface area (Å²) >= 11 is 0. The minimum Gasteiger partial charge on any atom is -0.341 e. The molecule has 7 nitrogen and oxygen atoms in total. The molecule has 0 heterocycles. The van der Waals surface area contributed by atoms with Gasteiger partial charge in [-0.1, -0.05) is 17.7 Å². The van der Waals surface area contributed by atoms with Crippen molar-refractivity contribution in [1.29, 1.82) is 0 Å². The van der Waals surface area contributed by atoms with Crippen LogP contribution in [-0.4, -0.2) is 44.5 Å². The SMILES string of the molecule is CNC(=O)NC(=O)[C@H](C)[NH+](C)CC(=O)Nc1c(C)cc(C)cc1C. The van der Waals surface area contributed by atoms with E-state index in [1.165, 1.54) is 7.05 Å². The van der Waals surface area contributed by atoms with Gasteiger partial charge in [-0.3, -0.25) is 14.9 Å². The van der Waals surface area contributed by atoms with Crippen LogP contribution in [0.25, 0.3) is 0 Å². The van der Waals surface area contributed by atoms with Gasteiger partial charge in [0.1, 0.15) is 0 Å². The standard InChI is InChI=1S/C17H26N4O3/c1-10-7-11(2)15(12(3)8-10)19-14(22)9-21(6)13(4)16(23)20-17(24)18-5/h7-8,13H,9H2,1-6H3,(H,19,22)(H2,18,20,23,24)/p+1/t13-/m0/s1. The Balaban J connectivity index is 2.68. The molecule has 0 aromatic heterocycles. The minimum absolute atomic E-state index is 0.120. The second-order valence-corrected chi connectivity index (χ2v) is 6.14. The Morgan fingerprint density at radius 3 is 2.17 bits per heavy atom. The Kier molecular flexibility index (Phi) is 6.91. The summed E-state index contributed by atoms with van der Waals surface area (Å²) in [5.74, 6) is -0.607. The summed E-state index contributed by atoms with van der Waals surface area (Å²) in [5, 5.41) is 7.45. The molecule has 4 N–H and O–H groups in total. The highest BCUT2D eigenvalue weighted by molar-refractivity contribution is 5.96. The highest BCUT2D eigenvalue weighted by atomic mass is 16.2. The van der Waals surface area contributed by atoms with Crippen molar-refractivity contribution >= 4 is 23.5 Å². The van der Waals surface area contributed by atoms with Gasteiger partial charge in [0.2, 0.25) is 0 Å². The van der Waals surface area contributed by atoms with Gasteiger partial charge >= 0.3 is 6.03 Å². The number of imide groups is 1. The molecule has 0 bridgehead atoms. The number of aryl methyl sites for hydroxylation is 3. The van der Waals surface area contributed by atoms with Crippen LogP contribution >= 0.6 is 0 Å². The normalized spacial score (nSPS) is 12.9. The maximum atomic E-state index is 12.3. The van der Waals surface area contributed by atoms with Gasteiger partial charge in [0.15, 0.2) is 12.6 Å². The molecule has 1 aromatic carbocycles. The molecule has 4 amide bonds. The summed E-state index contributed by atoms with van der Waals surface area (Å²) in [6, 6.07) is 2.93. The van der Waals surface area contributed by atoms with E-state index < -0.39 is 18.0 Å². The number of amides is 4. The maximum absolute atomic E-state index is 12.3. The van der Waals surface area contributed by atoms with Crippen molar-refractivity contribution in [2.45, 2.75) is 33.7 Å². The average molecular weight is 335 g/mol. The fourth-order valence-electron chi connectivity index (χ4n) is 2.47. The lowest BCUT2D eigenvalue weighted by molar-refractivity contribution is -0.885. The quantitative estimate of drug-likeness (QED) is 0.606. The van der Waals surface area contributed by atoms with Crippen LogP contribution in [-0.2, 0) is 9.59 Å². The first-order chi connectivity index (χ1) is 11.1. The van der Waals surface area contributed by atoms with Crippen molar-refractivity contribution in [2.75, 3.05) is 26.0 Å². The number of hydrogen-bond acceptors (Lipinski definition) is 3. The van der Waals surface area contributed by atoms with Gasteiger partial charge in [0.05, 0.1) is 7.05 Å². The van der Waals surface area contributed by atoms with Crippen LogP contribution < -0.4 is 20.9 Å². The molecule has 2 atom stereocenters. The lowest BCUT2D eigenvalue weighted by atomic mass is 10.1. The van der Waals surface area contributed by atoms with Gasteiger partial charge in [0, 0.05) is 12.7 Å². The molecule has 1 unspecified atom stereocenters. The van der Waals surface area contributed by atoms with E-state index in [0.29, 0.717) is 4.90 Å². The fourth-order valence-corrected chi connectivity index (χ4v) is 2.47. The molecule has 0 saturated heterocycles. The first kappa shape index (κ1) is 19.6. The molecule has 0 aliphatic heterocycles. The van der Waals surface area contributed by atoms with Crippen molar-refractivity contribution < 1.29 is 19.3 Å². The van der Waals surface area contributed by atoms with Gasteiger partial charge in [-0.2, -0.15) is 0 Å². The highest BCUT2D eigenvalue weighted by Crippen LogP contribution is 2.21. The van der Waals surface area contributed by atoms with Crippen LogP contribution in [0, 0.1) is 20.8 Å². The predicted octanol–water partition coefficient (Wildman–Crippen LogP) is -0.0908. The molecule has 132 valence electrons.